The van der Waals surface area contributed by atoms with Crippen molar-refractivity contribution in [2.75, 3.05) is 0 Å². The molecule has 2 aromatic carbocycles. The van der Waals surface area contributed by atoms with Crippen LogP contribution in [0.1, 0.15) is 16.7 Å². The van der Waals surface area contributed by atoms with Gasteiger partial charge in [-0.05, 0) is 68.6 Å². The van der Waals surface area contributed by atoms with Crippen molar-refractivity contribution in [2.24, 2.45) is 0 Å². The van der Waals surface area contributed by atoms with Crippen molar-refractivity contribution in [3.63, 3.8) is 0 Å². The molecule has 2 aromatic rings. The molecule has 0 aromatic heterocycles. The number of rotatable bonds is 1. The first kappa shape index (κ1) is 11.3. The van der Waals surface area contributed by atoms with Crippen molar-refractivity contribution in [1.82, 2.24) is 0 Å². The molecule has 0 saturated carbocycles. The highest BCUT2D eigenvalue weighted by molar-refractivity contribution is 14.1. The van der Waals surface area contributed by atoms with E-state index in [1.807, 2.05) is 0 Å². The lowest BCUT2D eigenvalue weighted by Gasteiger charge is -2.31. The van der Waals surface area contributed by atoms with Crippen molar-refractivity contribution < 1.29 is 4.74 Å². The summed E-state index contributed by atoms with van der Waals surface area (Å²) in [5, 5.41) is 0. The smallest absolute Gasteiger partial charge is 0.114 e. The largest absolute Gasteiger partial charge is 0.360 e. The van der Waals surface area contributed by atoms with Gasteiger partial charge in [0, 0.05) is 9.14 Å². The Labute approximate surface area is 131 Å². The Hall–Kier alpha value is -1.39. The molecule has 2 aliphatic carbocycles. The van der Waals surface area contributed by atoms with Crippen LogP contribution in [0.3, 0.4) is 0 Å². The first-order valence-corrected chi connectivity index (χ1v) is 7.88. The highest BCUT2D eigenvalue weighted by Gasteiger charge is 2.50. The standard InChI is InChI=1S/C18H11IO/c19-11-7-5-10(6-8-11)14-9-15-18(20-15)17-13-4-2-1-3-12(13)16(14)17/h1-9,15,18H. The molecule has 1 fully saturated rings. The number of halogens is 1. The zero-order chi connectivity index (χ0) is 13.3. The number of hydrogen-bond acceptors (Lipinski definition) is 1. The first-order chi connectivity index (χ1) is 9.83. The van der Waals surface area contributed by atoms with Gasteiger partial charge in [0.1, 0.15) is 12.2 Å². The number of ether oxygens (including phenoxy) is 1. The van der Waals surface area contributed by atoms with Gasteiger partial charge in [-0.25, -0.2) is 0 Å². The molecule has 2 unspecified atom stereocenters. The van der Waals surface area contributed by atoms with Crippen molar-refractivity contribution >= 4 is 39.3 Å². The zero-order valence-electron chi connectivity index (χ0n) is 10.6. The van der Waals surface area contributed by atoms with Crippen molar-refractivity contribution in [1.29, 1.82) is 0 Å². The topological polar surface area (TPSA) is 12.5 Å². The van der Waals surface area contributed by atoms with Crippen LogP contribution in [0.4, 0.5) is 0 Å². The number of fused-ring (bicyclic) bond motifs is 5. The van der Waals surface area contributed by atoms with Crippen LogP contribution in [0.15, 0.2) is 54.6 Å². The molecule has 0 radical (unpaired) electrons. The van der Waals surface area contributed by atoms with Crippen molar-refractivity contribution in [3.8, 4) is 0 Å². The number of allylic oxidation sites excluding steroid dienone is 2. The zero-order valence-corrected chi connectivity index (χ0v) is 12.8. The maximum atomic E-state index is 5.81. The Morgan fingerprint density at radius 2 is 1.65 bits per heavy atom. The van der Waals surface area contributed by atoms with Gasteiger partial charge in [0.25, 0.3) is 0 Å². The van der Waals surface area contributed by atoms with E-state index in [2.05, 4.69) is 77.2 Å². The van der Waals surface area contributed by atoms with Gasteiger partial charge in [0.15, 0.2) is 0 Å². The van der Waals surface area contributed by atoms with E-state index in [-0.39, 0.29) is 6.10 Å². The van der Waals surface area contributed by atoms with Gasteiger partial charge in [0.05, 0.1) is 0 Å². The Bertz CT molecular complexity index is 798. The third kappa shape index (κ3) is 1.41. The van der Waals surface area contributed by atoms with E-state index in [9.17, 15) is 0 Å². The molecule has 1 nitrogen and oxygen atoms in total. The summed E-state index contributed by atoms with van der Waals surface area (Å²) in [6.07, 6.45) is 2.89. The van der Waals surface area contributed by atoms with Crippen molar-refractivity contribution in [3.05, 3.63) is 74.9 Å². The Balaban J connectivity index is 1.69. The quantitative estimate of drug-likeness (QED) is 0.536. The van der Waals surface area contributed by atoms with Crippen LogP contribution in [0.5, 0.6) is 0 Å². The van der Waals surface area contributed by atoms with Gasteiger partial charge < -0.3 is 4.74 Å². The molecule has 3 aliphatic rings. The Morgan fingerprint density at radius 3 is 2.45 bits per heavy atom. The van der Waals surface area contributed by atoms with Gasteiger partial charge in [-0.3, -0.25) is 0 Å². The summed E-state index contributed by atoms with van der Waals surface area (Å²) >= 11 is 2.35. The van der Waals surface area contributed by atoms with Gasteiger partial charge in [-0.2, -0.15) is 0 Å². The molecule has 0 N–H and O–H groups in total. The van der Waals surface area contributed by atoms with Gasteiger partial charge in [-0.1, -0.05) is 36.4 Å². The average molecular weight is 370 g/mol. The monoisotopic (exact) mass is 370 g/mol. The van der Waals surface area contributed by atoms with E-state index in [4.69, 9.17) is 4.74 Å². The molecule has 5 rings (SSSR count). The van der Waals surface area contributed by atoms with E-state index in [1.54, 1.807) is 0 Å². The second-order valence-electron chi connectivity index (χ2n) is 5.44. The van der Waals surface area contributed by atoms with Gasteiger partial charge >= 0.3 is 0 Å². The number of epoxide rings is 1. The molecule has 1 heterocycles. The van der Waals surface area contributed by atoms with Gasteiger partial charge in [-0.15, -0.1) is 0 Å². The molecule has 0 bridgehead atoms. The van der Waals surface area contributed by atoms with E-state index in [1.165, 1.54) is 37.0 Å². The van der Waals surface area contributed by atoms with Crippen LogP contribution in [-0.4, -0.2) is 12.2 Å². The number of benzene rings is 2. The average Bonchev–Trinajstić information content (AvgIpc) is 3.21. The molecule has 0 spiro atoms. The third-order valence-corrected chi connectivity index (χ3v) is 5.04. The van der Waals surface area contributed by atoms with E-state index < -0.39 is 0 Å². The summed E-state index contributed by atoms with van der Waals surface area (Å²) in [6.45, 7) is 0. The third-order valence-electron chi connectivity index (χ3n) is 4.32. The highest BCUT2D eigenvalue weighted by Crippen LogP contribution is 2.57. The summed E-state index contributed by atoms with van der Waals surface area (Å²) in [4.78, 5) is 0. The lowest BCUT2D eigenvalue weighted by atomic mass is 9.71. The van der Waals surface area contributed by atoms with Gasteiger partial charge in [0.2, 0.25) is 0 Å². The maximum absolute atomic E-state index is 5.81. The fraction of sp³-hybridized carbons (Fsp3) is 0.111. The molecule has 1 saturated heterocycles. The lowest BCUT2D eigenvalue weighted by molar-refractivity contribution is 0.418. The molecular weight excluding hydrogens is 359 g/mol. The summed E-state index contributed by atoms with van der Waals surface area (Å²) < 4.78 is 7.08. The van der Waals surface area contributed by atoms with Crippen molar-refractivity contribution in [2.45, 2.75) is 12.2 Å². The van der Waals surface area contributed by atoms with Crippen LogP contribution >= 0.6 is 22.6 Å². The van der Waals surface area contributed by atoms with Crippen LogP contribution in [0.2, 0.25) is 0 Å². The first-order valence-electron chi connectivity index (χ1n) is 6.80. The molecule has 1 aliphatic heterocycles. The molecule has 20 heavy (non-hydrogen) atoms. The predicted octanol–water partition coefficient (Wildman–Crippen LogP) is 4.38. The second kappa shape index (κ2) is 3.83. The second-order valence-corrected chi connectivity index (χ2v) is 6.69. The Kier molecular flexibility index (Phi) is 2.16. The van der Waals surface area contributed by atoms with E-state index in [0.29, 0.717) is 6.10 Å². The lowest BCUT2D eigenvalue weighted by Crippen LogP contribution is -2.16. The summed E-state index contributed by atoms with van der Waals surface area (Å²) in [5.41, 5.74) is 8.21. The molecule has 96 valence electrons. The molecule has 0 amide bonds. The minimum Gasteiger partial charge on any atom is -0.360 e. The van der Waals surface area contributed by atoms with Crippen LogP contribution < -0.4 is 0 Å². The highest BCUT2D eigenvalue weighted by atomic mass is 127. The fourth-order valence-corrected chi connectivity index (χ4v) is 3.70. The van der Waals surface area contributed by atoms with Crippen LogP contribution in [0.25, 0.3) is 16.7 Å². The predicted molar refractivity (Wildman–Crippen MR) is 89.1 cm³/mol. The minimum atomic E-state index is 0.288. The minimum absolute atomic E-state index is 0.288. The Morgan fingerprint density at radius 1 is 0.900 bits per heavy atom. The summed E-state index contributed by atoms with van der Waals surface area (Å²) in [5.74, 6) is 0. The summed E-state index contributed by atoms with van der Waals surface area (Å²) in [6, 6.07) is 17.4. The van der Waals surface area contributed by atoms with E-state index in [0.717, 1.165) is 0 Å². The summed E-state index contributed by atoms with van der Waals surface area (Å²) in [7, 11) is 0. The molecule has 2 atom stereocenters. The van der Waals surface area contributed by atoms with E-state index >= 15 is 0 Å². The molecular formula is C18H11IO. The van der Waals surface area contributed by atoms with Crippen LogP contribution in [0, 0.1) is 3.57 Å². The number of hydrogen-bond donors (Lipinski definition) is 0. The normalized spacial score (nSPS) is 25.1. The maximum Gasteiger partial charge on any atom is 0.114 e. The van der Waals surface area contributed by atoms with Crippen LogP contribution in [-0.2, 0) is 4.74 Å². The molecule has 2 heteroatoms. The SMILES string of the molecule is Ic1ccc(C2=CC3OC3C3=C2c2ccccc23)cc1. The fourth-order valence-electron chi connectivity index (χ4n) is 3.34.